The summed E-state index contributed by atoms with van der Waals surface area (Å²) in [6.07, 6.45) is 2.08. The van der Waals surface area contributed by atoms with Crippen molar-refractivity contribution in [1.29, 1.82) is 0 Å². The number of nitrogens with one attached hydrogen (secondary N) is 2. The second-order valence-electron chi connectivity index (χ2n) is 5.29. The van der Waals surface area contributed by atoms with E-state index < -0.39 is 0 Å². The average molecular weight is 339 g/mol. The van der Waals surface area contributed by atoms with Crippen molar-refractivity contribution in [2.75, 3.05) is 24.3 Å². The third-order valence-corrected chi connectivity index (χ3v) is 3.54. The number of ether oxygens (including phenoxy) is 1. The molecule has 0 aliphatic rings. The van der Waals surface area contributed by atoms with Gasteiger partial charge in [-0.15, -0.1) is 5.10 Å². The van der Waals surface area contributed by atoms with Crippen molar-refractivity contribution in [3.8, 4) is 5.75 Å². The van der Waals surface area contributed by atoms with Gasteiger partial charge < -0.3 is 15.4 Å². The minimum atomic E-state index is -0.203. The van der Waals surface area contributed by atoms with Crippen LogP contribution >= 0.6 is 0 Å². The minimum Gasteiger partial charge on any atom is -0.497 e. The molecule has 0 saturated carbocycles. The standard InChI is InChI=1S/C18H18FN5O/c1-25-15-7-4-6-14(11-15)22-18-23-17(12-21-24-18)20-10-9-13-5-2-3-8-16(13)19/h2-8,11-12H,9-10H2,1H3,(H2,20,22,23,24). The Morgan fingerprint density at radius 2 is 2.00 bits per heavy atom. The van der Waals surface area contributed by atoms with Gasteiger partial charge in [0.2, 0.25) is 5.95 Å². The van der Waals surface area contributed by atoms with Crippen LogP contribution in [0.5, 0.6) is 5.75 Å². The van der Waals surface area contributed by atoms with Gasteiger partial charge in [0, 0.05) is 18.3 Å². The number of nitrogens with zero attached hydrogens (tertiary/aromatic N) is 3. The van der Waals surface area contributed by atoms with Gasteiger partial charge in [0.05, 0.1) is 13.3 Å². The van der Waals surface area contributed by atoms with E-state index in [1.165, 1.54) is 12.3 Å². The minimum absolute atomic E-state index is 0.203. The van der Waals surface area contributed by atoms with Gasteiger partial charge in [-0.2, -0.15) is 10.1 Å². The Morgan fingerprint density at radius 3 is 2.84 bits per heavy atom. The van der Waals surface area contributed by atoms with Crippen LogP contribution in [0.2, 0.25) is 0 Å². The number of aromatic nitrogens is 3. The molecule has 7 heteroatoms. The number of rotatable bonds is 7. The van der Waals surface area contributed by atoms with E-state index in [2.05, 4.69) is 25.8 Å². The smallest absolute Gasteiger partial charge is 0.249 e. The molecule has 0 amide bonds. The lowest BCUT2D eigenvalue weighted by Crippen LogP contribution is -2.09. The van der Waals surface area contributed by atoms with Gasteiger partial charge in [0.15, 0.2) is 5.82 Å². The van der Waals surface area contributed by atoms with Gasteiger partial charge in [-0.25, -0.2) is 4.39 Å². The number of hydrogen-bond donors (Lipinski definition) is 2. The summed E-state index contributed by atoms with van der Waals surface area (Å²) in [5.74, 6) is 1.46. The highest BCUT2D eigenvalue weighted by atomic mass is 19.1. The van der Waals surface area contributed by atoms with E-state index in [0.29, 0.717) is 30.3 Å². The van der Waals surface area contributed by atoms with Crippen LogP contribution in [0.1, 0.15) is 5.56 Å². The van der Waals surface area contributed by atoms with E-state index in [1.807, 2.05) is 30.3 Å². The summed E-state index contributed by atoms with van der Waals surface area (Å²) < 4.78 is 18.8. The van der Waals surface area contributed by atoms with Crippen molar-refractivity contribution in [3.63, 3.8) is 0 Å². The van der Waals surface area contributed by atoms with E-state index in [1.54, 1.807) is 19.2 Å². The molecule has 0 aliphatic carbocycles. The molecule has 3 aromatic rings. The Hall–Kier alpha value is -3.22. The Labute approximate surface area is 145 Å². The first-order chi connectivity index (χ1) is 12.2. The second-order valence-corrected chi connectivity index (χ2v) is 5.29. The van der Waals surface area contributed by atoms with Crippen molar-refractivity contribution in [3.05, 3.63) is 66.1 Å². The zero-order chi connectivity index (χ0) is 17.5. The van der Waals surface area contributed by atoms with E-state index in [4.69, 9.17) is 4.74 Å². The zero-order valence-corrected chi connectivity index (χ0v) is 13.7. The summed E-state index contributed by atoms with van der Waals surface area (Å²) in [4.78, 5) is 4.35. The molecule has 0 aliphatic heterocycles. The van der Waals surface area contributed by atoms with Crippen LogP contribution in [0.3, 0.4) is 0 Å². The molecule has 2 aromatic carbocycles. The number of halogens is 1. The van der Waals surface area contributed by atoms with E-state index in [0.717, 1.165) is 11.4 Å². The Bertz CT molecular complexity index is 843. The maximum Gasteiger partial charge on any atom is 0.249 e. The number of benzene rings is 2. The third-order valence-electron chi connectivity index (χ3n) is 3.54. The monoisotopic (exact) mass is 339 g/mol. The molecule has 6 nitrogen and oxygen atoms in total. The summed E-state index contributed by atoms with van der Waals surface area (Å²) >= 11 is 0. The van der Waals surface area contributed by atoms with E-state index in [9.17, 15) is 4.39 Å². The lowest BCUT2D eigenvalue weighted by atomic mass is 10.1. The molecule has 0 bridgehead atoms. The normalized spacial score (nSPS) is 10.3. The number of hydrogen-bond acceptors (Lipinski definition) is 6. The highest BCUT2D eigenvalue weighted by molar-refractivity contribution is 5.56. The predicted molar refractivity (Wildman–Crippen MR) is 94.7 cm³/mol. The first-order valence-corrected chi connectivity index (χ1v) is 7.82. The van der Waals surface area contributed by atoms with Crippen molar-refractivity contribution in [1.82, 2.24) is 15.2 Å². The fourth-order valence-corrected chi connectivity index (χ4v) is 2.30. The summed E-state index contributed by atoms with van der Waals surface area (Å²) in [6, 6.07) is 14.2. The molecule has 0 fully saturated rings. The van der Waals surface area contributed by atoms with E-state index >= 15 is 0 Å². The molecule has 2 N–H and O–H groups in total. The second kappa shape index (κ2) is 8.05. The van der Waals surface area contributed by atoms with Crippen LogP contribution in [0, 0.1) is 5.82 Å². The average Bonchev–Trinajstić information content (AvgIpc) is 2.64. The molecule has 0 saturated heterocycles. The molecule has 0 atom stereocenters. The van der Waals surface area contributed by atoms with Crippen molar-refractivity contribution in [2.24, 2.45) is 0 Å². The Kier molecular flexibility index (Phi) is 5.36. The molecular weight excluding hydrogens is 321 g/mol. The Balaban J connectivity index is 1.60. The largest absolute Gasteiger partial charge is 0.497 e. The molecule has 0 unspecified atom stereocenters. The van der Waals surface area contributed by atoms with Crippen LogP contribution in [0.4, 0.5) is 21.8 Å². The van der Waals surface area contributed by atoms with Gasteiger partial charge in [-0.1, -0.05) is 24.3 Å². The van der Waals surface area contributed by atoms with Crippen molar-refractivity contribution in [2.45, 2.75) is 6.42 Å². The van der Waals surface area contributed by atoms with E-state index in [-0.39, 0.29) is 5.82 Å². The summed E-state index contributed by atoms with van der Waals surface area (Å²) in [5.41, 5.74) is 1.46. The van der Waals surface area contributed by atoms with Crippen LogP contribution in [0.15, 0.2) is 54.7 Å². The molecule has 1 aromatic heterocycles. The van der Waals surface area contributed by atoms with Gasteiger partial charge in [0.1, 0.15) is 11.6 Å². The van der Waals surface area contributed by atoms with Gasteiger partial charge in [0.25, 0.3) is 0 Å². The fraction of sp³-hybridized carbons (Fsp3) is 0.167. The lowest BCUT2D eigenvalue weighted by Gasteiger charge is -2.09. The summed E-state index contributed by atoms with van der Waals surface area (Å²) in [7, 11) is 1.61. The van der Waals surface area contributed by atoms with Gasteiger partial charge in [-0.3, -0.25) is 0 Å². The molecule has 0 spiro atoms. The van der Waals surface area contributed by atoms with Crippen LogP contribution in [-0.2, 0) is 6.42 Å². The van der Waals surface area contributed by atoms with Crippen LogP contribution in [-0.4, -0.2) is 28.8 Å². The predicted octanol–water partition coefficient (Wildman–Crippen LogP) is 3.42. The first kappa shape index (κ1) is 16.6. The molecule has 0 radical (unpaired) electrons. The molecule has 25 heavy (non-hydrogen) atoms. The SMILES string of the molecule is COc1cccc(Nc2nncc(NCCc3ccccc3F)n2)c1. The maximum absolute atomic E-state index is 13.6. The van der Waals surface area contributed by atoms with Gasteiger partial charge in [-0.05, 0) is 30.2 Å². The highest BCUT2D eigenvalue weighted by Crippen LogP contribution is 2.19. The number of anilines is 3. The molecule has 1 heterocycles. The van der Waals surface area contributed by atoms with Crippen molar-refractivity contribution >= 4 is 17.5 Å². The topological polar surface area (TPSA) is 72.0 Å². The lowest BCUT2D eigenvalue weighted by molar-refractivity contribution is 0.415. The van der Waals surface area contributed by atoms with Gasteiger partial charge >= 0.3 is 0 Å². The third kappa shape index (κ3) is 4.63. The quantitative estimate of drug-likeness (QED) is 0.687. The zero-order valence-electron chi connectivity index (χ0n) is 13.7. The molecule has 128 valence electrons. The van der Waals surface area contributed by atoms with Crippen LogP contribution < -0.4 is 15.4 Å². The first-order valence-electron chi connectivity index (χ1n) is 7.82. The summed E-state index contributed by atoms with van der Waals surface area (Å²) in [5, 5.41) is 14.1. The maximum atomic E-state index is 13.6. The molecular formula is C18H18FN5O. The molecule has 3 rings (SSSR count). The number of methoxy groups -OCH3 is 1. The summed E-state index contributed by atoms with van der Waals surface area (Å²) in [6.45, 7) is 0.540. The fourth-order valence-electron chi connectivity index (χ4n) is 2.30. The van der Waals surface area contributed by atoms with Crippen LogP contribution in [0.25, 0.3) is 0 Å². The highest BCUT2D eigenvalue weighted by Gasteiger charge is 2.04. The van der Waals surface area contributed by atoms with Crippen molar-refractivity contribution < 1.29 is 9.13 Å². The Morgan fingerprint density at radius 1 is 1.12 bits per heavy atom.